The van der Waals surface area contributed by atoms with Crippen LogP contribution in [0.4, 0.5) is 5.69 Å². The zero-order valence-corrected chi connectivity index (χ0v) is 12.0. The molecule has 0 aliphatic rings. The molecule has 1 N–H and O–H groups in total. The van der Waals surface area contributed by atoms with Crippen LogP contribution < -0.4 is 5.32 Å². The molecule has 0 aromatic heterocycles. The number of hydrogen-bond acceptors (Lipinski definition) is 4. The summed E-state index contributed by atoms with van der Waals surface area (Å²) in [5.74, 6) is -0.333. The summed E-state index contributed by atoms with van der Waals surface area (Å²) in [4.78, 5) is 21.8. The van der Waals surface area contributed by atoms with Gasteiger partial charge in [-0.2, -0.15) is 0 Å². The quantitative estimate of drug-likeness (QED) is 0.455. The maximum atomic E-state index is 11.8. The van der Waals surface area contributed by atoms with Crippen molar-refractivity contribution in [3.8, 4) is 0 Å². The summed E-state index contributed by atoms with van der Waals surface area (Å²) in [6.45, 7) is 3.57. The lowest BCUT2D eigenvalue weighted by Gasteiger charge is -2.06. The van der Waals surface area contributed by atoms with Crippen LogP contribution in [0.25, 0.3) is 0 Å². The van der Waals surface area contributed by atoms with Crippen LogP contribution in [0.1, 0.15) is 30.1 Å². The lowest BCUT2D eigenvalue weighted by molar-refractivity contribution is -0.384. The van der Waals surface area contributed by atoms with Gasteiger partial charge in [-0.25, -0.2) is 0 Å². The molecule has 0 fully saturated rings. The monoisotopic (exact) mass is 300 g/mol. The summed E-state index contributed by atoms with van der Waals surface area (Å²) in [6.07, 6.45) is 2.06. The van der Waals surface area contributed by atoms with E-state index in [1.54, 1.807) is 0 Å². The largest absolute Gasteiger partial charge is 0.380 e. The van der Waals surface area contributed by atoms with Gasteiger partial charge in [0.15, 0.2) is 0 Å². The van der Waals surface area contributed by atoms with Crippen molar-refractivity contribution in [2.75, 3.05) is 19.8 Å². The number of unbranched alkanes of at least 4 members (excludes halogenated alkanes) is 1. The Hall–Kier alpha value is -1.66. The maximum Gasteiger partial charge on any atom is 0.287 e. The van der Waals surface area contributed by atoms with Crippen molar-refractivity contribution in [3.63, 3.8) is 0 Å². The van der Waals surface area contributed by atoms with Gasteiger partial charge >= 0.3 is 0 Å². The molecule has 1 amide bonds. The Balaban J connectivity index is 2.44. The van der Waals surface area contributed by atoms with Gasteiger partial charge in [0.25, 0.3) is 11.6 Å². The molecule has 0 atom stereocenters. The van der Waals surface area contributed by atoms with Crippen LogP contribution in [0.5, 0.6) is 0 Å². The molecule has 0 bridgehead atoms. The second-order valence-corrected chi connectivity index (χ2v) is 4.55. The van der Waals surface area contributed by atoms with Crippen LogP contribution in [0.2, 0.25) is 5.02 Å². The average molecular weight is 301 g/mol. The zero-order valence-electron chi connectivity index (χ0n) is 11.2. The summed E-state index contributed by atoms with van der Waals surface area (Å²) in [6, 6.07) is 3.87. The normalized spacial score (nSPS) is 10.3. The van der Waals surface area contributed by atoms with Gasteiger partial charge in [0, 0.05) is 24.8 Å². The van der Waals surface area contributed by atoms with Gasteiger partial charge in [-0.15, -0.1) is 0 Å². The van der Waals surface area contributed by atoms with Gasteiger partial charge in [-0.3, -0.25) is 14.9 Å². The second-order valence-electron chi connectivity index (χ2n) is 4.15. The minimum atomic E-state index is -0.592. The molecule has 20 heavy (non-hydrogen) atoms. The first-order valence-electron chi connectivity index (χ1n) is 6.36. The Bertz CT molecular complexity index is 479. The van der Waals surface area contributed by atoms with Crippen LogP contribution >= 0.6 is 11.6 Å². The Morgan fingerprint density at radius 3 is 2.80 bits per heavy atom. The lowest BCUT2D eigenvalue weighted by atomic mass is 10.2. The van der Waals surface area contributed by atoms with Crippen molar-refractivity contribution < 1.29 is 14.5 Å². The molecule has 1 aromatic rings. The van der Waals surface area contributed by atoms with Crippen molar-refractivity contribution in [3.05, 3.63) is 38.9 Å². The van der Waals surface area contributed by atoms with E-state index in [1.165, 1.54) is 18.2 Å². The first-order valence-corrected chi connectivity index (χ1v) is 6.74. The fourth-order valence-corrected chi connectivity index (χ4v) is 1.73. The highest BCUT2D eigenvalue weighted by Crippen LogP contribution is 2.24. The Morgan fingerprint density at radius 2 is 2.20 bits per heavy atom. The third-order valence-electron chi connectivity index (χ3n) is 2.58. The number of carbonyl (C=O) groups excluding carboxylic acids is 1. The number of amides is 1. The van der Waals surface area contributed by atoms with Crippen molar-refractivity contribution in [2.24, 2.45) is 0 Å². The molecule has 1 rings (SSSR count). The Kier molecular flexibility index (Phi) is 6.97. The standard InChI is InChI=1S/C13H17ClN2O4/c1-2-3-7-20-8-6-15-13(17)10-4-5-12(16(18)19)11(14)9-10/h4-5,9H,2-3,6-8H2,1H3,(H,15,17). The number of halogens is 1. The molecule has 0 aliphatic heterocycles. The van der Waals surface area contributed by atoms with Gasteiger partial charge < -0.3 is 10.1 Å². The molecule has 0 heterocycles. The molecule has 7 heteroatoms. The van der Waals surface area contributed by atoms with Gasteiger partial charge in [0.05, 0.1) is 11.5 Å². The molecule has 1 aromatic carbocycles. The van der Waals surface area contributed by atoms with Crippen LogP contribution in [0, 0.1) is 10.1 Å². The van der Waals surface area contributed by atoms with Crippen molar-refractivity contribution in [1.29, 1.82) is 0 Å². The lowest BCUT2D eigenvalue weighted by Crippen LogP contribution is -2.27. The molecular weight excluding hydrogens is 284 g/mol. The van der Waals surface area contributed by atoms with E-state index in [1.807, 2.05) is 0 Å². The number of rotatable bonds is 8. The predicted molar refractivity (Wildman–Crippen MR) is 76.2 cm³/mol. The van der Waals surface area contributed by atoms with Crippen molar-refractivity contribution >= 4 is 23.2 Å². The third-order valence-corrected chi connectivity index (χ3v) is 2.88. The van der Waals surface area contributed by atoms with E-state index in [0.717, 1.165) is 12.8 Å². The Morgan fingerprint density at radius 1 is 1.45 bits per heavy atom. The molecular formula is C13H17ClN2O4. The molecule has 110 valence electrons. The van der Waals surface area contributed by atoms with Gasteiger partial charge in [0.1, 0.15) is 5.02 Å². The highest BCUT2D eigenvalue weighted by molar-refractivity contribution is 6.33. The number of hydrogen-bond donors (Lipinski definition) is 1. The van der Waals surface area contributed by atoms with Crippen molar-refractivity contribution in [2.45, 2.75) is 19.8 Å². The van der Waals surface area contributed by atoms with Crippen molar-refractivity contribution in [1.82, 2.24) is 5.32 Å². The summed E-state index contributed by atoms with van der Waals surface area (Å²) in [5, 5.41) is 13.2. The van der Waals surface area contributed by atoms with E-state index in [2.05, 4.69) is 12.2 Å². The second kappa shape index (κ2) is 8.50. The molecule has 0 saturated carbocycles. The fraction of sp³-hybridized carbons (Fsp3) is 0.462. The SMILES string of the molecule is CCCCOCCNC(=O)c1ccc([N+](=O)[O-])c(Cl)c1. The van der Waals surface area contributed by atoms with E-state index in [4.69, 9.17) is 16.3 Å². The highest BCUT2D eigenvalue weighted by Gasteiger charge is 2.14. The fourth-order valence-electron chi connectivity index (χ4n) is 1.48. The third kappa shape index (κ3) is 5.14. The summed E-state index contributed by atoms with van der Waals surface area (Å²) in [7, 11) is 0. The molecule has 0 spiro atoms. The highest BCUT2D eigenvalue weighted by atomic mass is 35.5. The van der Waals surface area contributed by atoms with E-state index in [-0.39, 0.29) is 22.2 Å². The number of benzene rings is 1. The molecule has 0 aliphatic carbocycles. The first kappa shape index (κ1) is 16.4. The number of ether oxygens (including phenoxy) is 1. The number of carbonyl (C=O) groups is 1. The summed E-state index contributed by atoms with van der Waals surface area (Å²) < 4.78 is 5.30. The van der Waals surface area contributed by atoms with Crippen LogP contribution in [-0.4, -0.2) is 30.6 Å². The maximum absolute atomic E-state index is 11.8. The number of nitro groups is 1. The van der Waals surface area contributed by atoms with Gasteiger partial charge in [-0.05, 0) is 18.6 Å². The molecule has 6 nitrogen and oxygen atoms in total. The minimum Gasteiger partial charge on any atom is -0.380 e. The topological polar surface area (TPSA) is 81.5 Å². The Labute approximate surface area is 122 Å². The first-order chi connectivity index (χ1) is 9.56. The van der Waals surface area contributed by atoms with Crippen LogP contribution in [0.15, 0.2) is 18.2 Å². The molecule has 0 unspecified atom stereocenters. The van der Waals surface area contributed by atoms with Gasteiger partial charge in [-0.1, -0.05) is 24.9 Å². The molecule has 0 radical (unpaired) electrons. The van der Waals surface area contributed by atoms with Crippen LogP contribution in [0.3, 0.4) is 0 Å². The summed E-state index contributed by atoms with van der Waals surface area (Å²) >= 11 is 5.74. The van der Waals surface area contributed by atoms with E-state index >= 15 is 0 Å². The number of nitro benzene ring substituents is 1. The average Bonchev–Trinajstić information content (AvgIpc) is 2.41. The van der Waals surface area contributed by atoms with E-state index in [9.17, 15) is 14.9 Å². The van der Waals surface area contributed by atoms with Gasteiger partial charge in [0.2, 0.25) is 0 Å². The van der Waals surface area contributed by atoms with Crippen LogP contribution in [-0.2, 0) is 4.74 Å². The number of nitrogens with one attached hydrogen (secondary N) is 1. The minimum absolute atomic E-state index is 0.0538. The molecule has 0 saturated heterocycles. The summed E-state index contributed by atoms with van der Waals surface area (Å²) in [5.41, 5.74) is 0.0697. The van der Waals surface area contributed by atoms with E-state index < -0.39 is 4.92 Å². The predicted octanol–water partition coefficient (Wildman–Crippen LogP) is 2.79. The zero-order chi connectivity index (χ0) is 15.0. The van der Waals surface area contributed by atoms with E-state index in [0.29, 0.717) is 19.8 Å². The smallest absolute Gasteiger partial charge is 0.287 e. The number of nitrogens with zero attached hydrogens (tertiary/aromatic N) is 1.